The summed E-state index contributed by atoms with van der Waals surface area (Å²) in [6, 6.07) is 3.87. The first kappa shape index (κ1) is 17.6. The zero-order valence-electron chi connectivity index (χ0n) is 14.7. The van der Waals surface area contributed by atoms with E-state index in [2.05, 4.69) is 34.5 Å². The molecule has 0 radical (unpaired) electrons. The Morgan fingerprint density at radius 3 is 2.61 bits per heavy atom. The quantitative estimate of drug-likeness (QED) is 0.599. The van der Waals surface area contributed by atoms with Crippen LogP contribution >= 0.6 is 0 Å². The Morgan fingerprint density at radius 1 is 1.26 bits per heavy atom. The van der Waals surface area contributed by atoms with Gasteiger partial charge in [0.05, 0.1) is 13.7 Å². The molecule has 1 fully saturated rings. The van der Waals surface area contributed by atoms with E-state index in [0.717, 1.165) is 24.6 Å². The smallest absolute Gasteiger partial charge is 0.212 e. The van der Waals surface area contributed by atoms with Gasteiger partial charge in [-0.05, 0) is 37.2 Å². The summed E-state index contributed by atoms with van der Waals surface area (Å²) in [5.41, 5.74) is 1.53. The average molecular weight is 318 g/mol. The van der Waals surface area contributed by atoms with Gasteiger partial charge in [0.2, 0.25) is 5.88 Å². The fraction of sp³-hybridized carbons (Fsp3) is 0.667. The molecule has 0 unspecified atom stereocenters. The van der Waals surface area contributed by atoms with E-state index in [-0.39, 0.29) is 0 Å². The van der Waals surface area contributed by atoms with Crippen molar-refractivity contribution in [2.45, 2.75) is 52.5 Å². The molecule has 5 nitrogen and oxygen atoms in total. The first-order valence-electron chi connectivity index (χ1n) is 8.72. The minimum atomic E-state index is 0.456. The first-order chi connectivity index (χ1) is 11.2. The lowest BCUT2D eigenvalue weighted by Crippen LogP contribution is -2.42. The van der Waals surface area contributed by atoms with Gasteiger partial charge in [-0.2, -0.15) is 0 Å². The highest BCUT2D eigenvalue weighted by Gasteiger charge is 2.31. The van der Waals surface area contributed by atoms with Crippen molar-refractivity contribution < 1.29 is 4.74 Å². The highest BCUT2D eigenvalue weighted by Crippen LogP contribution is 2.40. The average Bonchev–Trinajstić information content (AvgIpc) is 3.07. The number of hydrogen-bond donors (Lipinski definition) is 2. The summed E-state index contributed by atoms with van der Waals surface area (Å²) < 4.78 is 5.08. The molecule has 1 aromatic rings. The van der Waals surface area contributed by atoms with Gasteiger partial charge < -0.3 is 15.4 Å². The van der Waals surface area contributed by atoms with Crippen LogP contribution in [0, 0.1) is 5.41 Å². The van der Waals surface area contributed by atoms with Gasteiger partial charge in [-0.25, -0.2) is 9.98 Å². The summed E-state index contributed by atoms with van der Waals surface area (Å²) in [7, 11) is 1.62. The summed E-state index contributed by atoms with van der Waals surface area (Å²) in [6.45, 7) is 6.89. The minimum absolute atomic E-state index is 0.456. The van der Waals surface area contributed by atoms with Crippen molar-refractivity contribution in [3.05, 3.63) is 23.9 Å². The third kappa shape index (κ3) is 5.12. The summed E-state index contributed by atoms with van der Waals surface area (Å²) in [6.07, 6.45) is 8.44. The van der Waals surface area contributed by atoms with E-state index in [1.54, 1.807) is 7.11 Å². The standard InChI is InChI=1S/C18H30N4O/c1-4-18(10-6-7-11-18)14-22-17(19-5-2)21-13-15-8-9-16(23-3)20-12-15/h8-9,12H,4-7,10-11,13-14H2,1-3H3,(H2,19,21,22). The number of nitrogens with one attached hydrogen (secondary N) is 2. The van der Waals surface area contributed by atoms with E-state index in [9.17, 15) is 0 Å². The molecule has 0 atom stereocenters. The third-order valence-corrected chi connectivity index (χ3v) is 4.82. The van der Waals surface area contributed by atoms with Crippen molar-refractivity contribution in [1.29, 1.82) is 0 Å². The molecular formula is C18H30N4O. The van der Waals surface area contributed by atoms with Crippen LogP contribution in [0.15, 0.2) is 23.3 Å². The zero-order valence-corrected chi connectivity index (χ0v) is 14.7. The van der Waals surface area contributed by atoms with Crippen molar-refractivity contribution in [3.8, 4) is 5.88 Å². The van der Waals surface area contributed by atoms with Crippen molar-refractivity contribution in [1.82, 2.24) is 15.6 Å². The predicted molar refractivity (Wildman–Crippen MR) is 94.8 cm³/mol. The molecule has 0 spiro atoms. The fourth-order valence-corrected chi connectivity index (χ4v) is 3.19. The van der Waals surface area contributed by atoms with E-state index in [4.69, 9.17) is 4.74 Å². The lowest BCUT2D eigenvalue weighted by Gasteiger charge is -2.28. The molecule has 128 valence electrons. The highest BCUT2D eigenvalue weighted by atomic mass is 16.5. The van der Waals surface area contributed by atoms with Crippen LogP contribution < -0.4 is 15.4 Å². The number of aromatic nitrogens is 1. The van der Waals surface area contributed by atoms with Crippen LogP contribution in [-0.4, -0.2) is 31.1 Å². The first-order valence-corrected chi connectivity index (χ1v) is 8.72. The van der Waals surface area contributed by atoms with E-state index in [0.29, 0.717) is 17.8 Å². The number of hydrogen-bond acceptors (Lipinski definition) is 3. The molecule has 23 heavy (non-hydrogen) atoms. The Kier molecular flexibility index (Phi) is 6.68. The number of ether oxygens (including phenoxy) is 1. The maximum absolute atomic E-state index is 5.08. The zero-order chi connectivity index (χ0) is 16.5. The second kappa shape index (κ2) is 8.75. The molecule has 0 amide bonds. The lowest BCUT2D eigenvalue weighted by atomic mass is 9.83. The molecule has 1 saturated carbocycles. The molecule has 2 N–H and O–H groups in total. The number of rotatable bonds is 7. The van der Waals surface area contributed by atoms with Crippen LogP contribution in [0.4, 0.5) is 0 Å². The number of guanidine groups is 1. The van der Waals surface area contributed by atoms with Crippen molar-refractivity contribution >= 4 is 5.96 Å². The molecule has 1 aliphatic rings. The second-order valence-corrected chi connectivity index (χ2v) is 6.32. The highest BCUT2D eigenvalue weighted by molar-refractivity contribution is 5.79. The Balaban J connectivity index is 1.93. The van der Waals surface area contributed by atoms with Gasteiger partial charge in [0.1, 0.15) is 0 Å². The van der Waals surface area contributed by atoms with Gasteiger partial charge in [-0.1, -0.05) is 25.8 Å². The van der Waals surface area contributed by atoms with Gasteiger partial charge in [-0.3, -0.25) is 0 Å². The van der Waals surface area contributed by atoms with Gasteiger partial charge in [0.25, 0.3) is 0 Å². The summed E-state index contributed by atoms with van der Waals surface area (Å²) in [5.74, 6) is 1.52. The molecule has 0 aliphatic heterocycles. The van der Waals surface area contributed by atoms with Crippen LogP contribution in [0.1, 0.15) is 51.5 Å². The maximum Gasteiger partial charge on any atom is 0.212 e. The van der Waals surface area contributed by atoms with E-state index in [1.807, 2.05) is 18.3 Å². The molecule has 5 heteroatoms. The van der Waals surface area contributed by atoms with Crippen molar-refractivity contribution in [2.24, 2.45) is 10.4 Å². The number of pyridine rings is 1. The summed E-state index contributed by atoms with van der Waals surface area (Å²) >= 11 is 0. The van der Waals surface area contributed by atoms with Crippen molar-refractivity contribution in [2.75, 3.05) is 20.2 Å². The molecular weight excluding hydrogens is 288 g/mol. The molecule has 1 aliphatic carbocycles. The Bertz CT molecular complexity index is 492. The van der Waals surface area contributed by atoms with Gasteiger partial charge in [0.15, 0.2) is 5.96 Å². The summed E-state index contributed by atoms with van der Waals surface area (Å²) in [4.78, 5) is 8.90. The normalized spacial score (nSPS) is 17.1. The maximum atomic E-state index is 5.08. The number of nitrogens with zero attached hydrogens (tertiary/aromatic N) is 2. The fourth-order valence-electron chi connectivity index (χ4n) is 3.19. The molecule has 1 heterocycles. The van der Waals surface area contributed by atoms with Crippen LogP contribution in [0.5, 0.6) is 5.88 Å². The van der Waals surface area contributed by atoms with E-state index < -0.39 is 0 Å². The molecule has 0 saturated heterocycles. The molecule has 2 rings (SSSR count). The van der Waals surface area contributed by atoms with Gasteiger partial charge in [-0.15, -0.1) is 0 Å². The van der Waals surface area contributed by atoms with Crippen molar-refractivity contribution in [3.63, 3.8) is 0 Å². The number of aliphatic imine (C=N–C) groups is 1. The molecule has 1 aromatic heterocycles. The second-order valence-electron chi connectivity index (χ2n) is 6.32. The number of methoxy groups -OCH3 is 1. The van der Waals surface area contributed by atoms with Crippen LogP contribution in [-0.2, 0) is 6.54 Å². The summed E-state index contributed by atoms with van der Waals surface area (Å²) in [5, 5.41) is 6.88. The van der Waals surface area contributed by atoms with E-state index >= 15 is 0 Å². The van der Waals surface area contributed by atoms with Crippen LogP contribution in [0.25, 0.3) is 0 Å². The van der Waals surface area contributed by atoms with E-state index in [1.165, 1.54) is 32.1 Å². The predicted octanol–water partition coefficient (Wildman–Crippen LogP) is 3.12. The Hall–Kier alpha value is -1.78. The largest absolute Gasteiger partial charge is 0.481 e. The van der Waals surface area contributed by atoms with Crippen LogP contribution in [0.2, 0.25) is 0 Å². The molecule has 0 bridgehead atoms. The Labute approximate surface area is 139 Å². The van der Waals surface area contributed by atoms with Gasteiger partial charge >= 0.3 is 0 Å². The Morgan fingerprint density at radius 2 is 2.04 bits per heavy atom. The third-order valence-electron chi connectivity index (χ3n) is 4.82. The molecule has 0 aromatic carbocycles. The monoisotopic (exact) mass is 318 g/mol. The lowest BCUT2D eigenvalue weighted by molar-refractivity contribution is 0.283. The SMILES string of the molecule is CCNC(=NCc1ccc(OC)nc1)NCC1(CC)CCCC1. The topological polar surface area (TPSA) is 58.5 Å². The van der Waals surface area contributed by atoms with Crippen LogP contribution in [0.3, 0.4) is 0 Å². The minimum Gasteiger partial charge on any atom is -0.481 e. The van der Waals surface area contributed by atoms with Gasteiger partial charge in [0, 0.05) is 25.4 Å².